The first-order chi connectivity index (χ1) is 29.1. The summed E-state index contributed by atoms with van der Waals surface area (Å²) in [6, 6.07) is 61.7. The lowest BCUT2D eigenvalue weighted by Gasteiger charge is -2.40. The van der Waals surface area contributed by atoms with Crippen molar-refractivity contribution in [1.82, 2.24) is 20.6 Å². The number of hydrogen-bond donors (Lipinski definition) is 5. The van der Waals surface area contributed by atoms with Gasteiger partial charge in [0.15, 0.2) is 12.4 Å². The van der Waals surface area contributed by atoms with E-state index in [0.29, 0.717) is 12.4 Å². The van der Waals surface area contributed by atoms with Gasteiger partial charge in [-0.25, -0.2) is 0 Å². The van der Waals surface area contributed by atoms with Crippen molar-refractivity contribution in [3.05, 3.63) is 198 Å². The summed E-state index contributed by atoms with van der Waals surface area (Å²) < 4.78 is -0.571. The van der Waals surface area contributed by atoms with E-state index in [0.717, 1.165) is 55.3 Å². The van der Waals surface area contributed by atoms with Crippen molar-refractivity contribution in [3.63, 3.8) is 0 Å². The Labute approximate surface area is 341 Å². The Balaban J connectivity index is 0.870. The fraction of sp³-hybridized carbons (Fsp3) is 0.0980. The van der Waals surface area contributed by atoms with Crippen molar-refractivity contribution < 1.29 is 0 Å². The van der Waals surface area contributed by atoms with Gasteiger partial charge in [0.05, 0.1) is 36.5 Å². The molecule has 1 saturated heterocycles. The number of nitrogens with zero attached hydrogens (tertiary/aromatic N) is 2. The zero-order valence-corrected chi connectivity index (χ0v) is 32.2. The Morgan fingerprint density at radius 2 is 0.864 bits per heavy atom. The van der Waals surface area contributed by atoms with Crippen molar-refractivity contribution >= 4 is 77.2 Å². The molecule has 0 radical (unpaired) electrons. The number of hydroxylamine groups is 1. The third kappa shape index (κ3) is 5.36. The van der Waals surface area contributed by atoms with Gasteiger partial charge in [-0.1, -0.05) is 146 Å². The van der Waals surface area contributed by atoms with Gasteiger partial charge in [0, 0.05) is 39.4 Å². The molecule has 8 nitrogen and oxygen atoms in total. The lowest BCUT2D eigenvalue weighted by Crippen LogP contribution is -2.54. The molecular weight excluding hydrogens is 727 g/mol. The molecule has 5 N–H and O–H groups in total. The quantitative estimate of drug-likeness (QED) is 0.0677. The zero-order valence-electron chi connectivity index (χ0n) is 32.2. The molecule has 0 spiro atoms. The van der Waals surface area contributed by atoms with Gasteiger partial charge >= 0.3 is 0 Å². The second kappa shape index (κ2) is 13.4. The van der Waals surface area contributed by atoms with Crippen LogP contribution in [-0.2, 0) is 0 Å². The van der Waals surface area contributed by atoms with Gasteiger partial charge in [-0.15, -0.1) is 0 Å². The van der Waals surface area contributed by atoms with Crippen molar-refractivity contribution in [1.29, 1.82) is 0 Å². The van der Waals surface area contributed by atoms with E-state index in [1.54, 1.807) is 0 Å². The summed E-state index contributed by atoms with van der Waals surface area (Å²) in [5.74, 6) is 0. The van der Waals surface area contributed by atoms with Crippen molar-refractivity contribution in [3.8, 4) is 0 Å². The average Bonchev–Trinajstić information content (AvgIpc) is 3.93. The standard InChI is InChI=1S/C51H41N7O/c59-58(31-53-46-42-19-9-5-15-38(42)40-17-7-11-21-44(40)48(46)58)36-28-24-34(25-29-36)51-55-49(32-12-2-1-3-13-32)54-50(56-51)33-22-26-35(27-23-33)57-30-52-45-41-18-8-4-14-37(41)39-16-6-10-20-43(39)47(45)57/h1-29,49-56H,30-31H2. The number of benzene rings is 9. The molecule has 0 aromatic heterocycles. The molecule has 59 heavy (non-hydrogen) atoms. The smallest absolute Gasteiger partial charge is 0.171 e. The van der Waals surface area contributed by atoms with Crippen molar-refractivity contribution in [2.45, 2.75) is 18.5 Å². The van der Waals surface area contributed by atoms with Crippen molar-refractivity contribution in [2.24, 2.45) is 0 Å². The SMILES string of the molecule is [O-][N+]1(c2ccc(C3NC(c4ccccc4)NC(c4ccc(N5CNc6c5c5ccccc5c5ccccc65)cc4)N3)cc2)CNc2c1c1ccccc1c1ccccc21. The van der Waals surface area contributed by atoms with E-state index in [1.165, 1.54) is 32.9 Å². The van der Waals surface area contributed by atoms with Crippen LogP contribution >= 0.6 is 0 Å². The van der Waals surface area contributed by atoms with E-state index < -0.39 is 4.65 Å². The second-order valence-corrected chi connectivity index (χ2v) is 15.9. The van der Waals surface area contributed by atoms with E-state index in [4.69, 9.17) is 0 Å². The topological polar surface area (TPSA) is 86.5 Å². The van der Waals surface area contributed by atoms with Gasteiger partial charge in [-0.3, -0.25) is 20.6 Å². The fourth-order valence-electron chi connectivity index (χ4n) is 9.83. The lowest BCUT2D eigenvalue weighted by atomic mass is 9.98. The third-order valence-electron chi connectivity index (χ3n) is 12.6. The van der Waals surface area contributed by atoms with Gasteiger partial charge < -0.3 is 20.7 Å². The number of nitrogens with one attached hydrogen (secondary N) is 5. The summed E-state index contributed by atoms with van der Waals surface area (Å²) in [5.41, 5.74) is 9.26. The van der Waals surface area contributed by atoms with E-state index in [-0.39, 0.29) is 25.2 Å². The van der Waals surface area contributed by atoms with Crippen LogP contribution in [0.15, 0.2) is 176 Å². The number of rotatable bonds is 5. The van der Waals surface area contributed by atoms with E-state index in [9.17, 15) is 0 Å². The highest BCUT2D eigenvalue weighted by molar-refractivity contribution is 6.22. The average molecular weight is 768 g/mol. The maximum absolute atomic E-state index is 15.1. The minimum Gasteiger partial charge on any atom is -0.620 e. The first-order valence-electron chi connectivity index (χ1n) is 20.4. The fourth-order valence-corrected chi connectivity index (χ4v) is 9.83. The molecule has 0 aliphatic carbocycles. The number of anilines is 4. The molecule has 8 heteroatoms. The zero-order chi connectivity index (χ0) is 39.1. The van der Waals surface area contributed by atoms with Crippen LogP contribution in [-0.4, -0.2) is 13.3 Å². The largest absolute Gasteiger partial charge is 0.620 e. The molecule has 3 aliphatic rings. The van der Waals surface area contributed by atoms with E-state index >= 15 is 5.21 Å². The van der Waals surface area contributed by atoms with Gasteiger partial charge in [0.25, 0.3) is 0 Å². The molecular formula is C51H41N7O. The lowest BCUT2D eigenvalue weighted by molar-refractivity contribution is 0.203. The Hall–Kier alpha value is -6.78. The maximum Gasteiger partial charge on any atom is 0.171 e. The van der Waals surface area contributed by atoms with Gasteiger partial charge in [-0.05, 0) is 56.4 Å². The highest BCUT2D eigenvalue weighted by Crippen LogP contribution is 2.52. The van der Waals surface area contributed by atoms with Crippen LogP contribution in [0.4, 0.5) is 34.1 Å². The van der Waals surface area contributed by atoms with Crippen LogP contribution in [0.3, 0.4) is 0 Å². The second-order valence-electron chi connectivity index (χ2n) is 15.9. The van der Waals surface area contributed by atoms with Crippen LogP contribution in [0, 0.1) is 5.21 Å². The molecule has 4 unspecified atom stereocenters. The molecule has 12 rings (SSSR count). The highest BCUT2D eigenvalue weighted by atomic mass is 16.6. The summed E-state index contributed by atoms with van der Waals surface area (Å²) in [5, 5.41) is 43.1. The van der Waals surface area contributed by atoms with Crippen LogP contribution in [0.5, 0.6) is 0 Å². The van der Waals surface area contributed by atoms with Gasteiger partial charge in [-0.2, -0.15) is 0 Å². The molecule has 4 atom stereocenters. The molecule has 0 saturated carbocycles. The minimum atomic E-state index is -0.571. The first kappa shape index (κ1) is 34.3. The number of quaternary nitrogens is 1. The third-order valence-corrected chi connectivity index (χ3v) is 12.6. The van der Waals surface area contributed by atoms with Crippen LogP contribution in [0.1, 0.15) is 35.2 Å². The number of fused-ring (bicyclic) bond motifs is 12. The van der Waals surface area contributed by atoms with E-state index in [2.05, 4.69) is 171 Å². The number of hydrogen-bond acceptors (Lipinski definition) is 7. The Morgan fingerprint density at radius 1 is 0.424 bits per heavy atom. The van der Waals surface area contributed by atoms with E-state index in [1.807, 2.05) is 36.4 Å². The normalized spacial score (nSPS) is 21.1. The Kier molecular flexibility index (Phi) is 7.78. The molecule has 286 valence electrons. The summed E-state index contributed by atoms with van der Waals surface area (Å²) >= 11 is 0. The van der Waals surface area contributed by atoms with Crippen LogP contribution in [0.2, 0.25) is 0 Å². The molecule has 3 heterocycles. The molecule has 3 aliphatic heterocycles. The Bertz CT molecular complexity index is 3080. The molecule has 9 aromatic carbocycles. The van der Waals surface area contributed by atoms with Crippen LogP contribution in [0.25, 0.3) is 43.1 Å². The van der Waals surface area contributed by atoms with Crippen molar-refractivity contribution in [2.75, 3.05) is 28.9 Å². The maximum atomic E-state index is 15.1. The molecule has 0 amide bonds. The molecule has 0 bridgehead atoms. The summed E-state index contributed by atoms with van der Waals surface area (Å²) in [6.45, 7) is 0.930. The van der Waals surface area contributed by atoms with Gasteiger partial charge in [0.2, 0.25) is 0 Å². The summed E-state index contributed by atoms with van der Waals surface area (Å²) in [7, 11) is 0. The van der Waals surface area contributed by atoms with Gasteiger partial charge in [0.1, 0.15) is 11.4 Å². The predicted molar refractivity (Wildman–Crippen MR) is 244 cm³/mol. The Morgan fingerprint density at radius 3 is 1.46 bits per heavy atom. The first-order valence-corrected chi connectivity index (χ1v) is 20.4. The minimum absolute atomic E-state index is 0.117. The predicted octanol–water partition coefficient (Wildman–Crippen LogP) is 11.5. The summed E-state index contributed by atoms with van der Waals surface area (Å²) in [4.78, 5) is 2.39. The molecule has 9 aromatic rings. The summed E-state index contributed by atoms with van der Waals surface area (Å²) in [6.07, 6.45) is -0.460. The highest BCUT2D eigenvalue weighted by Gasteiger charge is 2.37. The molecule has 1 fully saturated rings. The van der Waals surface area contributed by atoms with Crippen LogP contribution < -0.4 is 36.1 Å². The monoisotopic (exact) mass is 767 g/mol.